The molecule has 0 unspecified atom stereocenters. The van der Waals surface area contributed by atoms with Gasteiger partial charge in [-0.05, 0) is 43.9 Å². The molecule has 3 fully saturated rings. The van der Waals surface area contributed by atoms with Crippen molar-refractivity contribution in [3.05, 3.63) is 29.6 Å². The number of pyridine rings is 1. The molecule has 2 atom stereocenters. The van der Waals surface area contributed by atoms with Crippen molar-refractivity contribution >= 4 is 0 Å². The minimum absolute atomic E-state index is 0.733. The number of hydrogen-bond donors (Lipinski definition) is 0. The maximum atomic E-state index is 4.62. The second-order valence-corrected chi connectivity index (χ2v) is 6.26. The Morgan fingerprint density at radius 2 is 2.11 bits per heavy atom. The van der Waals surface area contributed by atoms with Crippen LogP contribution in [0.5, 0.6) is 0 Å². The predicted molar refractivity (Wildman–Crippen MR) is 78.0 cm³/mol. The molecule has 0 amide bonds. The molecule has 0 radical (unpaired) electrons. The minimum Gasteiger partial charge on any atom is -0.304 e. The molecule has 0 aromatic carbocycles. The first-order valence-electron chi connectivity index (χ1n) is 7.61. The summed E-state index contributed by atoms with van der Waals surface area (Å²) in [6, 6.07) is 5.17. The van der Waals surface area contributed by atoms with Gasteiger partial charge in [0.1, 0.15) is 0 Å². The maximum absolute atomic E-state index is 4.62. The Bertz CT molecular complexity index is 415. The molecule has 3 aliphatic heterocycles. The van der Waals surface area contributed by atoms with E-state index < -0.39 is 0 Å². The van der Waals surface area contributed by atoms with Gasteiger partial charge in [-0.25, -0.2) is 0 Å². The van der Waals surface area contributed by atoms with Crippen LogP contribution in [0.1, 0.15) is 31.0 Å². The first kappa shape index (κ1) is 13.1. The molecular formula is C16H25N3. The third-order valence-electron chi connectivity index (χ3n) is 4.67. The molecule has 2 bridgehead atoms. The smallest absolute Gasteiger partial charge is 0.0544 e. The largest absolute Gasteiger partial charge is 0.304 e. The fourth-order valence-corrected chi connectivity index (χ4v) is 3.57. The van der Waals surface area contributed by atoms with Gasteiger partial charge in [0.05, 0.1) is 5.69 Å². The summed E-state index contributed by atoms with van der Waals surface area (Å²) in [4.78, 5) is 9.79. The van der Waals surface area contributed by atoms with Crippen LogP contribution in [0.3, 0.4) is 0 Å². The van der Waals surface area contributed by atoms with E-state index in [1.807, 2.05) is 6.20 Å². The van der Waals surface area contributed by atoms with E-state index in [9.17, 15) is 0 Å². The van der Waals surface area contributed by atoms with E-state index in [-0.39, 0.29) is 0 Å². The van der Waals surface area contributed by atoms with Crippen LogP contribution in [-0.2, 0) is 13.0 Å². The van der Waals surface area contributed by atoms with Crippen LogP contribution in [-0.4, -0.2) is 47.5 Å². The number of fused-ring (bicyclic) bond motifs is 4. The highest BCUT2D eigenvalue weighted by molar-refractivity contribution is 5.14. The first-order chi connectivity index (χ1) is 9.24. The van der Waals surface area contributed by atoms with Gasteiger partial charge in [0.15, 0.2) is 0 Å². The highest BCUT2D eigenvalue weighted by Crippen LogP contribution is 2.28. The summed E-state index contributed by atoms with van der Waals surface area (Å²) in [6.07, 6.45) is 5.89. The van der Waals surface area contributed by atoms with Gasteiger partial charge in [0, 0.05) is 38.4 Å². The fraction of sp³-hybridized carbons (Fsp3) is 0.688. The molecule has 3 saturated heterocycles. The molecule has 104 valence electrons. The molecule has 19 heavy (non-hydrogen) atoms. The monoisotopic (exact) mass is 259 g/mol. The van der Waals surface area contributed by atoms with E-state index in [0.29, 0.717) is 0 Å². The summed E-state index contributed by atoms with van der Waals surface area (Å²) >= 11 is 0. The molecule has 0 aliphatic carbocycles. The Balaban J connectivity index is 1.68. The van der Waals surface area contributed by atoms with Crippen molar-refractivity contribution in [1.82, 2.24) is 14.8 Å². The number of piperidine rings is 1. The number of likely N-dealkylation sites (N-methyl/N-ethyl adjacent to an activating group) is 1. The van der Waals surface area contributed by atoms with Crippen LogP contribution in [0.2, 0.25) is 0 Å². The number of aryl methyl sites for hydroxylation is 1. The molecule has 3 nitrogen and oxygen atoms in total. The second kappa shape index (κ2) is 5.59. The Morgan fingerprint density at radius 1 is 1.21 bits per heavy atom. The Hall–Kier alpha value is -0.930. The van der Waals surface area contributed by atoms with E-state index in [1.54, 1.807) is 0 Å². The highest BCUT2D eigenvalue weighted by Gasteiger charge is 2.33. The van der Waals surface area contributed by atoms with Gasteiger partial charge in [-0.3, -0.25) is 9.88 Å². The van der Waals surface area contributed by atoms with Crippen molar-refractivity contribution in [2.24, 2.45) is 5.92 Å². The number of hydrogen-bond acceptors (Lipinski definition) is 3. The SMILES string of the molecule is CCc1ccc(CN2C[C@H]3CC[C@@H]2CN(C)C3)nc1. The van der Waals surface area contributed by atoms with Crippen LogP contribution in [0.4, 0.5) is 0 Å². The summed E-state index contributed by atoms with van der Waals surface area (Å²) in [5, 5.41) is 0. The minimum atomic E-state index is 0.733. The van der Waals surface area contributed by atoms with Crippen molar-refractivity contribution in [3.8, 4) is 0 Å². The van der Waals surface area contributed by atoms with Gasteiger partial charge in [0.25, 0.3) is 0 Å². The third kappa shape index (κ3) is 2.98. The zero-order valence-corrected chi connectivity index (χ0v) is 12.2. The lowest BCUT2D eigenvalue weighted by Crippen LogP contribution is -2.43. The van der Waals surface area contributed by atoms with Gasteiger partial charge in [-0.15, -0.1) is 0 Å². The molecule has 1 aromatic heterocycles. The van der Waals surface area contributed by atoms with Crippen molar-refractivity contribution in [3.63, 3.8) is 0 Å². The topological polar surface area (TPSA) is 19.4 Å². The fourth-order valence-electron chi connectivity index (χ4n) is 3.57. The summed E-state index contributed by atoms with van der Waals surface area (Å²) in [5.74, 6) is 0.860. The molecule has 3 aliphatic rings. The van der Waals surface area contributed by atoms with Gasteiger partial charge in [-0.2, -0.15) is 0 Å². The maximum Gasteiger partial charge on any atom is 0.0544 e. The van der Waals surface area contributed by atoms with Gasteiger partial charge < -0.3 is 4.90 Å². The molecule has 4 rings (SSSR count). The second-order valence-electron chi connectivity index (χ2n) is 6.26. The summed E-state index contributed by atoms with van der Waals surface area (Å²) in [6.45, 7) is 6.96. The number of rotatable bonds is 3. The average molecular weight is 259 g/mol. The van der Waals surface area contributed by atoms with Crippen LogP contribution in [0.25, 0.3) is 0 Å². The lowest BCUT2D eigenvalue weighted by Gasteiger charge is -2.35. The van der Waals surface area contributed by atoms with E-state index in [2.05, 4.69) is 40.9 Å². The highest BCUT2D eigenvalue weighted by atomic mass is 15.2. The van der Waals surface area contributed by atoms with E-state index in [1.165, 1.54) is 43.7 Å². The Kier molecular flexibility index (Phi) is 3.85. The summed E-state index contributed by atoms with van der Waals surface area (Å²) in [5.41, 5.74) is 2.56. The lowest BCUT2D eigenvalue weighted by molar-refractivity contribution is 0.123. The number of nitrogens with zero attached hydrogens (tertiary/aromatic N) is 3. The average Bonchev–Trinajstić information content (AvgIpc) is 2.68. The molecule has 4 heterocycles. The zero-order chi connectivity index (χ0) is 13.2. The van der Waals surface area contributed by atoms with Gasteiger partial charge in [-0.1, -0.05) is 13.0 Å². The quantitative estimate of drug-likeness (QED) is 0.829. The Morgan fingerprint density at radius 3 is 2.84 bits per heavy atom. The van der Waals surface area contributed by atoms with Gasteiger partial charge in [0.2, 0.25) is 0 Å². The molecule has 3 heteroatoms. The zero-order valence-electron chi connectivity index (χ0n) is 12.2. The Labute approximate surface area is 116 Å². The van der Waals surface area contributed by atoms with Gasteiger partial charge >= 0.3 is 0 Å². The molecule has 0 N–H and O–H groups in total. The van der Waals surface area contributed by atoms with E-state index in [4.69, 9.17) is 0 Å². The van der Waals surface area contributed by atoms with Crippen LogP contribution in [0.15, 0.2) is 18.3 Å². The summed E-state index contributed by atoms with van der Waals surface area (Å²) in [7, 11) is 2.27. The molecule has 0 spiro atoms. The molecule has 0 saturated carbocycles. The van der Waals surface area contributed by atoms with Crippen molar-refractivity contribution in [2.75, 3.05) is 26.7 Å². The third-order valence-corrected chi connectivity index (χ3v) is 4.67. The molecule has 1 aromatic rings. The first-order valence-corrected chi connectivity index (χ1v) is 7.61. The van der Waals surface area contributed by atoms with Crippen molar-refractivity contribution in [2.45, 2.75) is 38.8 Å². The molecular weight excluding hydrogens is 234 g/mol. The van der Waals surface area contributed by atoms with E-state index >= 15 is 0 Å². The van der Waals surface area contributed by atoms with Crippen molar-refractivity contribution in [1.29, 1.82) is 0 Å². The predicted octanol–water partition coefficient (Wildman–Crippen LogP) is 2.17. The summed E-state index contributed by atoms with van der Waals surface area (Å²) < 4.78 is 0. The van der Waals surface area contributed by atoms with Crippen molar-refractivity contribution < 1.29 is 0 Å². The van der Waals surface area contributed by atoms with Crippen LogP contribution < -0.4 is 0 Å². The van der Waals surface area contributed by atoms with Crippen LogP contribution in [0, 0.1) is 5.92 Å². The standard InChI is InChI=1S/C16H25N3/c1-3-13-4-6-15(17-8-13)11-19-10-14-5-7-16(19)12-18(2)9-14/h4,6,8,14,16H,3,5,7,9-12H2,1-2H3/t14-,16+/m0/s1. The number of aromatic nitrogens is 1. The van der Waals surface area contributed by atoms with E-state index in [0.717, 1.165) is 24.9 Å². The van der Waals surface area contributed by atoms with Crippen LogP contribution >= 0.6 is 0 Å². The normalized spacial score (nSPS) is 28.5. The lowest BCUT2D eigenvalue weighted by atomic mass is 9.95.